The fourth-order valence-corrected chi connectivity index (χ4v) is 5.27. The lowest BCUT2D eigenvalue weighted by Gasteiger charge is -2.51. The van der Waals surface area contributed by atoms with E-state index in [0.29, 0.717) is 6.04 Å². The van der Waals surface area contributed by atoms with Crippen LogP contribution in [0, 0.1) is 6.92 Å². The van der Waals surface area contributed by atoms with Crippen LogP contribution >= 0.6 is 15.9 Å². The number of likely N-dealkylation sites (tertiary alicyclic amines) is 1. The molecular weight excluding hydrogens is 426 g/mol. The zero-order valence-electron chi connectivity index (χ0n) is 17.4. The van der Waals surface area contributed by atoms with Crippen LogP contribution in [0.25, 0.3) is 0 Å². The Balaban J connectivity index is 1.54. The summed E-state index contributed by atoms with van der Waals surface area (Å²) in [6, 6.07) is 16.0. The molecule has 0 aliphatic carbocycles. The van der Waals surface area contributed by atoms with Crippen LogP contribution in [0.5, 0.6) is 5.75 Å². The normalized spacial score (nSPS) is 23.0. The number of hydrazone groups is 1. The quantitative estimate of drug-likeness (QED) is 0.600. The van der Waals surface area contributed by atoms with E-state index < -0.39 is 0 Å². The molecule has 152 valence electrons. The molecule has 1 unspecified atom stereocenters. The third kappa shape index (κ3) is 3.28. The summed E-state index contributed by atoms with van der Waals surface area (Å²) in [5.41, 5.74) is 4.55. The van der Waals surface area contributed by atoms with Gasteiger partial charge in [-0.25, -0.2) is 5.01 Å². The molecule has 1 fully saturated rings. The fraction of sp³-hybridized carbons (Fsp3) is 0.458. The van der Waals surface area contributed by atoms with E-state index in [-0.39, 0.29) is 11.8 Å². The molecule has 29 heavy (non-hydrogen) atoms. The Kier molecular flexibility index (Phi) is 4.71. The minimum absolute atomic E-state index is 0.234. The third-order valence-corrected chi connectivity index (χ3v) is 7.15. The van der Waals surface area contributed by atoms with Gasteiger partial charge in [-0.3, -0.25) is 0 Å². The van der Waals surface area contributed by atoms with Crippen molar-refractivity contribution in [2.45, 2.75) is 57.8 Å². The first-order valence-electron chi connectivity index (χ1n) is 10.6. The first-order valence-corrected chi connectivity index (χ1v) is 11.4. The number of hydrogen-bond acceptors (Lipinski definition) is 4. The molecule has 2 aromatic carbocycles. The van der Waals surface area contributed by atoms with Crippen molar-refractivity contribution in [2.75, 3.05) is 13.1 Å². The maximum Gasteiger partial charge on any atom is 0.200 e. The summed E-state index contributed by atoms with van der Waals surface area (Å²) in [4.78, 5) is 2.54. The van der Waals surface area contributed by atoms with Gasteiger partial charge in [0, 0.05) is 48.4 Å². The average Bonchev–Trinajstić information content (AvgIpc) is 3.16. The van der Waals surface area contributed by atoms with Gasteiger partial charge >= 0.3 is 0 Å². The van der Waals surface area contributed by atoms with E-state index in [9.17, 15) is 0 Å². The van der Waals surface area contributed by atoms with Crippen molar-refractivity contribution in [1.29, 1.82) is 0 Å². The first-order chi connectivity index (χ1) is 13.9. The molecule has 2 aromatic rings. The van der Waals surface area contributed by atoms with E-state index in [1.54, 1.807) is 0 Å². The second-order valence-corrected chi connectivity index (χ2v) is 9.75. The zero-order valence-corrected chi connectivity index (χ0v) is 18.9. The van der Waals surface area contributed by atoms with Crippen molar-refractivity contribution in [1.82, 2.24) is 9.91 Å². The van der Waals surface area contributed by atoms with Crippen LogP contribution < -0.4 is 4.74 Å². The molecule has 1 atom stereocenters. The Morgan fingerprint density at radius 1 is 1.10 bits per heavy atom. The van der Waals surface area contributed by atoms with Crippen molar-refractivity contribution >= 4 is 21.6 Å². The number of fused-ring (bicyclic) bond motifs is 4. The molecule has 0 N–H and O–H groups in total. The molecule has 3 heterocycles. The second-order valence-electron chi connectivity index (χ2n) is 8.84. The van der Waals surface area contributed by atoms with Gasteiger partial charge < -0.3 is 9.64 Å². The topological polar surface area (TPSA) is 28.1 Å². The monoisotopic (exact) mass is 453 g/mol. The summed E-state index contributed by atoms with van der Waals surface area (Å²) >= 11 is 3.65. The van der Waals surface area contributed by atoms with Gasteiger partial charge in [-0.15, -0.1) is 0 Å². The molecule has 3 aliphatic rings. The Bertz CT molecular complexity index is 945. The molecule has 5 heteroatoms. The van der Waals surface area contributed by atoms with Crippen LogP contribution in [0.15, 0.2) is 52.0 Å². The highest BCUT2D eigenvalue weighted by Crippen LogP contribution is 2.50. The van der Waals surface area contributed by atoms with E-state index >= 15 is 0 Å². The Morgan fingerprint density at radius 3 is 2.52 bits per heavy atom. The van der Waals surface area contributed by atoms with E-state index in [2.05, 4.69) is 89.1 Å². The Hall–Kier alpha value is -1.85. The number of aryl methyl sites for hydroxylation is 1. The summed E-state index contributed by atoms with van der Waals surface area (Å²) in [5, 5.41) is 7.48. The van der Waals surface area contributed by atoms with Crippen LogP contribution in [0.2, 0.25) is 0 Å². The predicted octanol–water partition coefficient (Wildman–Crippen LogP) is 5.50. The zero-order chi connectivity index (χ0) is 20.2. The molecule has 1 spiro atoms. The van der Waals surface area contributed by atoms with Crippen LogP contribution in [-0.4, -0.2) is 40.5 Å². The van der Waals surface area contributed by atoms with Gasteiger partial charge in [0.25, 0.3) is 0 Å². The highest BCUT2D eigenvalue weighted by atomic mass is 79.9. The number of halogens is 1. The minimum Gasteiger partial charge on any atom is -0.466 e. The largest absolute Gasteiger partial charge is 0.466 e. The van der Waals surface area contributed by atoms with E-state index in [4.69, 9.17) is 9.84 Å². The number of rotatable bonds is 2. The summed E-state index contributed by atoms with van der Waals surface area (Å²) < 4.78 is 7.82. The third-order valence-electron chi connectivity index (χ3n) is 6.65. The van der Waals surface area contributed by atoms with Gasteiger partial charge in [0.05, 0.1) is 11.8 Å². The van der Waals surface area contributed by atoms with Crippen molar-refractivity contribution in [2.24, 2.45) is 5.10 Å². The number of piperidine rings is 1. The Labute approximate surface area is 181 Å². The van der Waals surface area contributed by atoms with Crippen molar-refractivity contribution < 1.29 is 4.74 Å². The number of ether oxygens (including phenoxy) is 1. The minimum atomic E-state index is -0.344. The van der Waals surface area contributed by atoms with Gasteiger partial charge in [-0.05, 0) is 44.5 Å². The Morgan fingerprint density at radius 2 is 1.83 bits per heavy atom. The van der Waals surface area contributed by atoms with Gasteiger partial charge in [0.2, 0.25) is 5.72 Å². The molecule has 4 nitrogen and oxygen atoms in total. The first kappa shape index (κ1) is 19.1. The second kappa shape index (κ2) is 7.13. The number of hydrogen-bond donors (Lipinski definition) is 0. The summed E-state index contributed by atoms with van der Waals surface area (Å²) in [6.45, 7) is 8.77. The maximum absolute atomic E-state index is 6.73. The van der Waals surface area contributed by atoms with Crippen LogP contribution in [0.3, 0.4) is 0 Å². The van der Waals surface area contributed by atoms with E-state index in [1.807, 2.05) is 0 Å². The van der Waals surface area contributed by atoms with Crippen molar-refractivity contribution in [3.05, 3.63) is 63.6 Å². The summed E-state index contributed by atoms with van der Waals surface area (Å²) in [5.74, 6) is 1.02. The summed E-state index contributed by atoms with van der Waals surface area (Å²) in [7, 11) is 0. The number of benzene rings is 2. The van der Waals surface area contributed by atoms with Crippen LogP contribution in [0.1, 0.15) is 55.8 Å². The van der Waals surface area contributed by atoms with Gasteiger partial charge in [0.1, 0.15) is 5.75 Å². The van der Waals surface area contributed by atoms with E-state index in [0.717, 1.165) is 48.3 Å². The summed E-state index contributed by atoms with van der Waals surface area (Å²) in [6.07, 6.45) is 2.87. The van der Waals surface area contributed by atoms with Gasteiger partial charge in [-0.2, -0.15) is 5.10 Å². The van der Waals surface area contributed by atoms with Crippen LogP contribution in [0.4, 0.5) is 0 Å². The molecular formula is C24H28BrN3O. The lowest BCUT2D eigenvalue weighted by molar-refractivity contribution is -0.152. The fourth-order valence-electron chi connectivity index (χ4n) is 4.89. The SMILES string of the molecule is Cc1ccc(C2=NN3C(C2)c2cc(Br)ccc2OC32CCN(C(C)C)CC2)cc1. The maximum atomic E-state index is 6.73. The molecule has 5 rings (SSSR count). The predicted molar refractivity (Wildman–Crippen MR) is 120 cm³/mol. The van der Waals surface area contributed by atoms with Gasteiger partial charge in [-0.1, -0.05) is 45.8 Å². The molecule has 0 amide bonds. The number of nitrogens with zero attached hydrogens (tertiary/aromatic N) is 3. The van der Waals surface area contributed by atoms with Crippen LogP contribution in [-0.2, 0) is 0 Å². The highest BCUT2D eigenvalue weighted by Gasteiger charge is 2.52. The molecule has 3 aliphatic heterocycles. The lowest BCUT2D eigenvalue weighted by Crippen LogP contribution is -2.59. The molecule has 0 bridgehead atoms. The molecule has 0 radical (unpaired) electrons. The van der Waals surface area contributed by atoms with E-state index in [1.165, 1.54) is 16.7 Å². The van der Waals surface area contributed by atoms with Crippen molar-refractivity contribution in [3.8, 4) is 5.75 Å². The smallest absolute Gasteiger partial charge is 0.200 e. The molecule has 0 aromatic heterocycles. The average molecular weight is 454 g/mol. The standard InChI is InChI=1S/C24H28BrN3O/c1-16(2)27-12-10-24(11-13-27)28-22(20-14-19(25)8-9-23(20)29-24)15-21(26-28)18-6-4-17(3)5-7-18/h4-9,14,16,22H,10-13,15H2,1-3H3. The lowest BCUT2D eigenvalue weighted by atomic mass is 9.90. The molecule has 0 saturated carbocycles. The van der Waals surface area contributed by atoms with Gasteiger partial charge in [0.15, 0.2) is 0 Å². The highest BCUT2D eigenvalue weighted by molar-refractivity contribution is 9.10. The molecule has 1 saturated heterocycles. The van der Waals surface area contributed by atoms with Crippen molar-refractivity contribution in [3.63, 3.8) is 0 Å².